The fraction of sp³-hybridized carbons (Fsp3) is 0.250. The summed E-state index contributed by atoms with van der Waals surface area (Å²) in [5, 5.41) is 5.90. The molecule has 3 rings (SSSR count). The van der Waals surface area contributed by atoms with E-state index in [1.807, 2.05) is 18.2 Å². The number of pyridine rings is 1. The van der Waals surface area contributed by atoms with Gasteiger partial charge in [0.25, 0.3) is 5.91 Å². The van der Waals surface area contributed by atoms with E-state index >= 15 is 0 Å². The van der Waals surface area contributed by atoms with E-state index in [1.165, 1.54) is 11.1 Å². The Bertz CT molecular complexity index is 736. The van der Waals surface area contributed by atoms with Crippen LogP contribution in [0.1, 0.15) is 32.7 Å². The second-order valence-corrected chi connectivity index (χ2v) is 5.32. The maximum absolute atomic E-state index is 12.5. The normalized spacial score (nSPS) is 12.6. The number of rotatable bonds is 3. The third kappa shape index (κ3) is 5.07. The molecule has 1 aromatic carbocycles. The number of halogens is 5. The molecule has 0 spiro atoms. The van der Waals surface area contributed by atoms with Crippen molar-refractivity contribution < 1.29 is 18.0 Å². The van der Waals surface area contributed by atoms with Crippen molar-refractivity contribution in [2.75, 3.05) is 0 Å². The van der Waals surface area contributed by atoms with Crippen molar-refractivity contribution in [1.29, 1.82) is 0 Å². The lowest BCUT2D eigenvalue weighted by atomic mass is 10.1. The van der Waals surface area contributed by atoms with Crippen LogP contribution in [0.3, 0.4) is 0 Å². The van der Waals surface area contributed by atoms with Crippen molar-refractivity contribution >= 4 is 30.7 Å². The number of hydrogen-bond donors (Lipinski definition) is 2. The lowest BCUT2D eigenvalue weighted by Gasteiger charge is -2.08. The van der Waals surface area contributed by atoms with Crippen molar-refractivity contribution in [1.82, 2.24) is 15.6 Å². The molecule has 2 aromatic rings. The van der Waals surface area contributed by atoms with Crippen molar-refractivity contribution in [3.63, 3.8) is 0 Å². The molecule has 0 saturated heterocycles. The zero-order valence-electron chi connectivity index (χ0n) is 12.9. The molecule has 0 fully saturated rings. The summed E-state index contributed by atoms with van der Waals surface area (Å²) in [5.41, 5.74) is 2.46. The highest BCUT2D eigenvalue weighted by Gasteiger charge is 2.30. The highest BCUT2D eigenvalue weighted by molar-refractivity contribution is 5.92. The predicted molar refractivity (Wildman–Crippen MR) is 91.9 cm³/mol. The van der Waals surface area contributed by atoms with Gasteiger partial charge in [-0.3, -0.25) is 9.78 Å². The maximum Gasteiger partial charge on any atom is 0.417 e. The number of carbonyl (C=O) groups is 1. The van der Waals surface area contributed by atoms with Crippen LogP contribution in [-0.2, 0) is 25.8 Å². The molecule has 0 aliphatic carbocycles. The molecule has 4 nitrogen and oxygen atoms in total. The van der Waals surface area contributed by atoms with Gasteiger partial charge < -0.3 is 10.6 Å². The molecule has 1 aromatic heterocycles. The van der Waals surface area contributed by atoms with E-state index in [9.17, 15) is 18.0 Å². The summed E-state index contributed by atoms with van der Waals surface area (Å²) in [6.07, 6.45) is -3.80. The number of amides is 1. The second kappa shape index (κ2) is 8.51. The van der Waals surface area contributed by atoms with E-state index in [-0.39, 0.29) is 30.5 Å². The van der Waals surface area contributed by atoms with Crippen LogP contribution in [0, 0.1) is 0 Å². The molecule has 136 valence electrons. The molecule has 1 amide bonds. The maximum atomic E-state index is 12.5. The zero-order valence-corrected chi connectivity index (χ0v) is 14.5. The Balaban J connectivity index is 0.00000156. The summed E-state index contributed by atoms with van der Waals surface area (Å²) in [6.45, 7) is 1.95. The first-order valence-electron chi connectivity index (χ1n) is 7.06. The number of carbonyl (C=O) groups excluding carboxylic acids is 1. The van der Waals surface area contributed by atoms with Gasteiger partial charge in [-0.1, -0.05) is 18.2 Å². The van der Waals surface area contributed by atoms with Crippen molar-refractivity contribution in [2.45, 2.75) is 25.8 Å². The second-order valence-electron chi connectivity index (χ2n) is 5.32. The molecule has 1 aliphatic rings. The van der Waals surface area contributed by atoms with Gasteiger partial charge in [-0.2, -0.15) is 13.2 Å². The summed E-state index contributed by atoms with van der Waals surface area (Å²) in [7, 11) is 0. The Kier molecular flexibility index (Phi) is 7.22. The Morgan fingerprint density at radius 2 is 1.84 bits per heavy atom. The van der Waals surface area contributed by atoms with E-state index in [0.717, 1.165) is 30.8 Å². The highest BCUT2D eigenvalue weighted by Crippen LogP contribution is 2.28. The molecule has 0 unspecified atom stereocenters. The van der Waals surface area contributed by atoms with E-state index in [0.29, 0.717) is 12.7 Å². The van der Waals surface area contributed by atoms with Gasteiger partial charge in [-0.05, 0) is 28.8 Å². The Hall–Kier alpha value is -1.83. The molecular formula is C16H16Cl2F3N3O. The third-order valence-corrected chi connectivity index (χ3v) is 3.68. The number of hydrogen-bond acceptors (Lipinski definition) is 3. The van der Waals surface area contributed by atoms with Gasteiger partial charge in [-0.15, -0.1) is 24.8 Å². The Morgan fingerprint density at radius 1 is 1.12 bits per heavy atom. The average Bonchev–Trinajstić information content (AvgIpc) is 2.99. The van der Waals surface area contributed by atoms with Crippen LogP contribution in [0.2, 0.25) is 0 Å². The molecule has 0 saturated carbocycles. The number of fused-ring (bicyclic) bond motifs is 1. The topological polar surface area (TPSA) is 54.0 Å². The number of nitrogens with one attached hydrogen (secondary N) is 2. The van der Waals surface area contributed by atoms with E-state index < -0.39 is 17.6 Å². The third-order valence-electron chi connectivity index (χ3n) is 3.68. The van der Waals surface area contributed by atoms with E-state index in [1.54, 1.807) is 0 Å². The summed E-state index contributed by atoms with van der Waals surface area (Å²) in [4.78, 5) is 15.5. The minimum atomic E-state index is -4.46. The predicted octanol–water partition coefficient (Wildman–Crippen LogP) is 3.48. The molecular weight excluding hydrogens is 378 g/mol. The SMILES string of the molecule is Cl.Cl.O=C(NCc1ccc2c(c1)CNC2)c1ccc(C(F)(F)F)cn1. The number of alkyl halides is 3. The van der Waals surface area contributed by atoms with Gasteiger partial charge in [0.15, 0.2) is 0 Å². The van der Waals surface area contributed by atoms with Crippen LogP contribution in [0.4, 0.5) is 13.2 Å². The van der Waals surface area contributed by atoms with Crippen LogP contribution in [-0.4, -0.2) is 10.9 Å². The molecule has 2 heterocycles. The number of benzene rings is 1. The quantitative estimate of drug-likeness (QED) is 0.839. The Labute approximate surface area is 155 Å². The van der Waals surface area contributed by atoms with Crippen LogP contribution < -0.4 is 10.6 Å². The van der Waals surface area contributed by atoms with Gasteiger partial charge in [0.2, 0.25) is 0 Å². The van der Waals surface area contributed by atoms with Crippen LogP contribution in [0.15, 0.2) is 36.5 Å². The molecule has 9 heteroatoms. The van der Waals surface area contributed by atoms with Crippen molar-refractivity contribution in [2.24, 2.45) is 0 Å². The molecule has 0 bridgehead atoms. The van der Waals surface area contributed by atoms with Crippen LogP contribution in [0.5, 0.6) is 0 Å². The smallest absolute Gasteiger partial charge is 0.347 e. The molecule has 2 N–H and O–H groups in total. The van der Waals surface area contributed by atoms with Crippen molar-refractivity contribution in [3.05, 3.63) is 64.5 Å². The first kappa shape index (κ1) is 21.2. The lowest BCUT2D eigenvalue weighted by Crippen LogP contribution is -2.24. The number of aromatic nitrogens is 1. The summed E-state index contributed by atoms with van der Waals surface area (Å²) in [6, 6.07) is 7.86. The molecule has 1 aliphatic heterocycles. The van der Waals surface area contributed by atoms with Crippen LogP contribution in [0.25, 0.3) is 0 Å². The van der Waals surface area contributed by atoms with Gasteiger partial charge in [0.1, 0.15) is 5.69 Å². The van der Waals surface area contributed by atoms with Gasteiger partial charge in [-0.25, -0.2) is 0 Å². The monoisotopic (exact) mass is 393 g/mol. The Morgan fingerprint density at radius 3 is 2.48 bits per heavy atom. The lowest BCUT2D eigenvalue weighted by molar-refractivity contribution is -0.137. The summed E-state index contributed by atoms with van der Waals surface area (Å²) < 4.78 is 37.4. The fourth-order valence-electron chi connectivity index (χ4n) is 2.43. The minimum Gasteiger partial charge on any atom is -0.347 e. The van der Waals surface area contributed by atoms with Gasteiger partial charge in [0, 0.05) is 25.8 Å². The summed E-state index contributed by atoms with van der Waals surface area (Å²) in [5.74, 6) is -0.502. The van der Waals surface area contributed by atoms with Crippen molar-refractivity contribution in [3.8, 4) is 0 Å². The first-order valence-corrected chi connectivity index (χ1v) is 7.06. The zero-order chi connectivity index (χ0) is 16.4. The van der Waals surface area contributed by atoms with Crippen LogP contribution >= 0.6 is 24.8 Å². The van der Waals surface area contributed by atoms with E-state index in [2.05, 4.69) is 15.6 Å². The van der Waals surface area contributed by atoms with E-state index in [4.69, 9.17) is 0 Å². The first-order chi connectivity index (χ1) is 10.9. The molecule has 25 heavy (non-hydrogen) atoms. The molecule has 0 radical (unpaired) electrons. The minimum absolute atomic E-state index is 0. The largest absolute Gasteiger partial charge is 0.417 e. The average molecular weight is 394 g/mol. The van der Waals surface area contributed by atoms with Gasteiger partial charge >= 0.3 is 6.18 Å². The highest BCUT2D eigenvalue weighted by atomic mass is 35.5. The standard InChI is InChI=1S/C16H14F3N3O.2ClH/c17-16(18,19)13-3-4-14(21-9-13)15(23)22-6-10-1-2-11-7-20-8-12(11)5-10;;/h1-5,9,20H,6-8H2,(H,22,23);2*1H. The molecule has 0 atom stereocenters. The number of nitrogens with zero attached hydrogens (tertiary/aromatic N) is 1. The fourth-order valence-corrected chi connectivity index (χ4v) is 2.43. The van der Waals surface area contributed by atoms with Gasteiger partial charge in [0.05, 0.1) is 5.56 Å². The summed E-state index contributed by atoms with van der Waals surface area (Å²) >= 11 is 0.